The smallest absolute Gasteiger partial charge is 0.166 e. The molecule has 1 atom stereocenters. The van der Waals surface area contributed by atoms with Gasteiger partial charge in [-0.3, -0.25) is 4.79 Å². The number of fused-ring (bicyclic) bond motifs is 1. The summed E-state index contributed by atoms with van der Waals surface area (Å²) in [6.07, 6.45) is 3.98. The average Bonchev–Trinajstić information content (AvgIpc) is 2.28. The lowest BCUT2D eigenvalue weighted by molar-refractivity contribution is 0.0895. The molecule has 1 unspecified atom stereocenters. The molecule has 84 valence electrons. The van der Waals surface area contributed by atoms with Crippen molar-refractivity contribution in [2.75, 3.05) is 0 Å². The van der Waals surface area contributed by atoms with E-state index in [1.807, 2.05) is 25.1 Å². The molecule has 1 aliphatic carbocycles. The summed E-state index contributed by atoms with van der Waals surface area (Å²) in [7, 11) is 0. The van der Waals surface area contributed by atoms with Gasteiger partial charge in [0.25, 0.3) is 0 Å². The summed E-state index contributed by atoms with van der Waals surface area (Å²) >= 11 is 0. The van der Waals surface area contributed by atoms with Crippen LogP contribution in [0.25, 0.3) is 0 Å². The van der Waals surface area contributed by atoms with Crippen molar-refractivity contribution in [3.63, 3.8) is 0 Å². The fourth-order valence-corrected chi connectivity index (χ4v) is 2.36. The molecule has 0 fully saturated rings. The van der Waals surface area contributed by atoms with Gasteiger partial charge >= 0.3 is 0 Å². The van der Waals surface area contributed by atoms with Gasteiger partial charge in [0.1, 0.15) is 0 Å². The second-order valence-corrected chi connectivity index (χ2v) is 4.75. The molecule has 0 saturated carbocycles. The molecular formula is C15H18O. The number of allylic oxidation sites excluding steroid dienone is 1. The van der Waals surface area contributed by atoms with E-state index in [4.69, 9.17) is 0 Å². The van der Waals surface area contributed by atoms with Gasteiger partial charge in [-0.2, -0.15) is 0 Å². The molecule has 0 bridgehead atoms. The summed E-state index contributed by atoms with van der Waals surface area (Å²) in [6.45, 7) is 5.93. The van der Waals surface area contributed by atoms with Gasteiger partial charge in [0.15, 0.2) is 5.78 Å². The molecule has 0 N–H and O–H groups in total. The fraction of sp³-hybridized carbons (Fsp3) is 0.400. The Labute approximate surface area is 97.2 Å². The van der Waals surface area contributed by atoms with Crippen molar-refractivity contribution in [2.45, 2.75) is 32.6 Å². The van der Waals surface area contributed by atoms with Crippen molar-refractivity contribution in [3.8, 4) is 0 Å². The number of carbonyl (C=O) groups excluding carboxylic acids is 1. The first-order valence-corrected chi connectivity index (χ1v) is 5.95. The third kappa shape index (κ3) is 2.24. The highest BCUT2D eigenvalue weighted by molar-refractivity contribution is 6.00. The lowest BCUT2D eigenvalue weighted by Gasteiger charge is -2.23. The van der Waals surface area contributed by atoms with Crippen LogP contribution in [0.4, 0.5) is 0 Å². The molecule has 2 rings (SSSR count). The van der Waals surface area contributed by atoms with Crippen LogP contribution in [0, 0.1) is 5.92 Å². The van der Waals surface area contributed by atoms with Crippen molar-refractivity contribution in [3.05, 3.63) is 47.5 Å². The topological polar surface area (TPSA) is 17.1 Å². The van der Waals surface area contributed by atoms with Gasteiger partial charge in [0.05, 0.1) is 0 Å². The summed E-state index contributed by atoms with van der Waals surface area (Å²) in [4.78, 5) is 12.2. The molecule has 1 aromatic rings. The maximum Gasteiger partial charge on any atom is 0.166 e. The molecule has 0 heterocycles. The monoisotopic (exact) mass is 214 g/mol. The Balaban J connectivity index is 2.12. The highest BCUT2D eigenvalue weighted by atomic mass is 16.1. The minimum Gasteiger partial charge on any atom is -0.294 e. The fourth-order valence-electron chi connectivity index (χ4n) is 2.36. The highest BCUT2D eigenvalue weighted by Gasteiger charge is 2.26. The summed E-state index contributed by atoms with van der Waals surface area (Å²) in [5.41, 5.74) is 3.34. The first kappa shape index (κ1) is 11.1. The summed E-state index contributed by atoms with van der Waals surface area (Å²) < 4.78 is 0. The van der Waals surface area contributed by atoms with E-state index in [0.717, 1.165) is 31.2 Å². The minimum atomic E-state index is 0.214. The summed E-state index contributed by atoms with van der Waals surface area (Å²) in [6, 6.07) is 8.00. The van der Waals surface area contributed by atoms with E-state index in [2.05, 4.69) is 12.6 Å². The highest BCUT2D eigenvalue weighted by Crippen LogP contribution is 2.28. The summed E-state index contributed by atoms with van der Waals surface area (Å²) in [5.74, 6) is 0.551. The number of hydrogen-bond donors (Lipinski definition) is 0. The van der Waals surface area contributed by atoms with Gasteiger partial charge in [-0.1, -0.05) is 29.8 Å². The van der Waals surface area contributed by atoms with E-state index in [1.165, 1.54) is 11.1 Å². The van der Waals surface area contributed by atoms with Crippen LogP contribution in [0.15, 0.2) is 36.4 Å². The van der Waals surface area contributed by atoms with E-state index < -0.39 is 0 Å². The van der Waals surface area contributed by atoms with E-state index in [1.54, 1.807) is 0 Å². The first-order chi connectivity index (χ1) is 7.68. The van der Waals surface area contributed by atoms with Crippen LogP contribution in [0.2, 0.25) is 0 Å². The maximum absolute atomic E-state index is 12.2. The van der Waals surface area contributed by atoms with Crippen molar-refractivity contribution in [1.29, 1.82) is 0 Å². The Morgan fingerprint density at radius 2 is 2.19 bits per heavy atom. The number of ketones is 1. The lowest BCUT2D eigenvalue weighted by Crippen LogP contribution is -2.22. The zero-order valence-corrected chi connectivity index (χ0v) is 9.83. The molecule has 0 aliphatic heterocycles. The van der Waals surface area contributed by atoms with Crippen molar-refractivity contribution >= 4 is 5.78 Å². The van der Waals surface area contributed by atoms with Gasteiger partial charge in [0.2, 0.25) is 0 Å². The second-order valence-electron chi connectivity index (χ2n) is 4.75. The van der Waals surface area contributed by atoms with E-state index in [-0.39, 0.29) is 5.92 Å². The number of Topliss-reactive ketones (excluding diaryl/α,β-unsaturated/α-hetero) is 1. The van der Waals surface area contributed by atoms with Crippen molar-refractivity contribution in [1.82, 2.24) is 0 Å². The number of carbonyl (C=O) groups is 1. The molecule has 0 spiro atoms. The molecule has 0 saturated heterocycles. The predicted molar refractivity (Wildman–Crippen MR) is 66.6 cm³/mol. The molecule has 1 nitrogen and oxygen atoms in total. The number of aryl methyl sites for hydroxylation is 1. The Morgan fingerprint density at radius 3 is 2.94 bits per heavy atom. The van der Waals surface area contributed by atoms with Crippen LogP contribution in [0.5, 0.6) is 0 Å². The Morgan fingerprint density at radius 1 is 1.44 bits per heavy atom. The quantitative estimate of drug-likeness (QED) is 0.700. The van der Waals surface area contributed by atoms with Gasteiger partial charge in [-0.25, -0.2) is 0 Å². The van der Waals surface area contributed by atoms with Crippen LogP contribution >= 0.6 is 0 Å². The molecule has 0 amide bonds. The van der Waals surface area contributed by atoms with Crippen LogP contribution in [0.1, 0.15) is 42.1 Å². The standard InChI is InChI=1S/C15H18O/c1-11(2)7-8-13-10-9-12-5-3-4-6-14(12)15(13)16/h3-6,13H,1,7-10H2,2H3. The van der Waals surface area contributed by atoms with Crippen LogP contribution in [-0.4, -0.2) is 5.78 Å². The van der Waals surface area contributed by atoms with Crippen molar-refractivity contribution in [2.24, 2.45) is 5.92 Å². The van der Waals surface area contributed by atoms with Gasteiger partial charge in [-0.15, -0.1) is 6.58 Å². The van der Waals surface area contributed by atoms with Gasteiger partial charge < -0.3 is 0 Å². The zero-order chi connectivity index (χ0) is 11.5. The van der Waals surface area contributed by atoms with Crippen LogP contribution < -0.4 is 0 Å². The lowest BCUT2D eigenvalue weighted by atomic mass is 9.80. The molecule has 0 aromatic heterocycles. The Bertz CT molecular complexity index is 417. The molecular weight excluding hydrogens is 196 g/mol. The maximum atomic E-state index is 12.2. The van der Waals surface area contributed by atoms with E-state index in [0.29, 0.717) is 5.78 Å². The number of benzene rings is 1. The van der Waals surface area contributed by atoms with Crippen molar-refractivity contribution < 1.29 is 4.79 Å². The first-order valence-electron chi connectivity index (χ1n) is 5.95. The number of hydrogen-bond acceptors (Lipinski definition) is 1. The van der Waals surface area contributed by atoms with E-state index in [9.17, 15) is 4.79 Å². The average molecular weight is 214 g/mol. The SMILES string of the molecule is C=C(C)CCC1CCc2ccccc2C1=O. The summed E-state index contributed by atoms with van der Waals surface area (Å²) in [5, 5.41) is 0. The van der Waals surface area contributed by atoms with Crippen LogP contribution in [-0.2, 0) is 6.42 Å². The van der Waals surface area contributed by atoms with Crippen LogP contribution in [0.3, 0.4) is 0 Å². The third-order valence-corrected chi connectivity index (χ3v) is 3.34. The van der Waals surface area contributed by atoms with Gasteiger partial charge in [0, 0.05) is 11.5 Å². The Kier molecular flexibility index (Phi) is 3.23. The minimum absolute atomic E-state index is 0.214. The molecule has 1 heteroatoms. The molecule has 16 heavy (non-hydrogen) atoms. The largest absolute Gasteiger partial charge is 0.294 e. The zero-order valence-electron chi connectivity index (χ0n) is 9.83. The Hall–Kier alpha value is -1.37. The number of rotatable bonds is 3. The predicted octanol–water partition coefficient (Wildman–Crippen LogP) is 3.79. The molecule has 0 radical (unpaired) electrons. The third-order valence-electron chi connectivity index (χ3n) is 3.34. The van der Waals surface area contributed by atoms with Gasteiger partial charge in [-0.05, 0) is 38.2 Å². The second kappa shape index (κ2) is 4.65. The van der Waals surface area contributed by atoms with E-state index >= 15 is 0 Å². The normalized spacial score (nSPS) is 19.3. The molecule has 1 aliphatic rings. The molecule has 1 aromatic carbocycles.